The first-order valence-electron chi connectivity index (χ1n) is 9.81. The third kappa shape index (κ3) is 6.93. The summed E-state index contributed by atoms with van der Waals surface area (Å²) in [5, 5.41) is 3.05. The predicted octanol–water partition coefficient (Wildman–Crippen LogP) is 4.73. The molecule has 1 amide bonds. The van der Waals surface area contributed by atoms with E-state index in [0.29, 0.717) is 46.7 Å². The van der Waals surface area contributed by atoms with Crippen LogP contribution in [0, 0.1) is 0 Å². The Hall–Kier alpha value is -3.19. The highest BCUT2D eigenvalue weighted by Crippen LogP contribution is 2.36. The summed E-state index contributed by atoms with van der Waals surface area (Å²) in [7, 11) is 1.50. The Bertz CT molecular complexity index is 944. The summed E-state index contributed by atoms with van der Waals surface area (Å²) >= 11 is 6.21. The molecule has 2 rings (SSSR count). The molecule has 1 unspecified atom stereocenters. The number of amides is 1. The topological polar surface area (TPSA) is 83.1 Å². The monoisotopic (exact) mass is 447 g/mol. The van der Waals surface area contributed by atoms with Gasteiger partial charge in [0, 0.05) is 6.08 Å². The maximum Gasteiger partial charge on any atom is 0.331 e. The Balaban J connectivity index is 2.02. The van der Waals surface area contributed by atoms with Crippen LogP contribution in [0.25, 0.3) is 6.08 Å². The molecule has 0 aliphatic carbocycles. The van der Waals surface area contributed by atoms with Gasteiger partial charge in [0.05, 0.1) is 31.0 Å². The van der Waals surface area contributed by atoms with Gasteiger partial charge < -0.3 is 24.3 Å². The van der Waals surface area contributed by atoms with E-state index in [4.69, 9.17) is 30.5 Å². The number of methoxy groups -OCH3 is 1. The average molecular weight is 448 g/mol. The lowest BCUT2D eigenvalue weighted by Gasteiger charge is -2.15. The van der Waals surface area contributed by atoms with E-state index in [-0.39, 0.29) is 0 Å². The normalized spacial score (nSPS) is 11.6. The van der Waals surface area contributed by atoms with Crippen LogP contribution in [0.1, 0.15) is 26.3 Å². The molecule has 0 bridgehead atoms. The largest absolute Gasteiger partial charge is 0.492 e. The van der Waals surface area contributed by atoms with Crippen molar-refractivity contribution in [2.24, 2.45) is 0 Å². The molecule has 0 spiro atoms. The predicted molar refractivity (Wildman–Crippen MR) is 120 cm³/mol. The first kappa shape index (κ1) is 24.1. The molecule has 166 valence electrons. The molecular formula is C23H26ClNO6. The van der Waals surface area contributed by atoms with E-state index in [0.717, 1.165) is 0 Å². The van der Waals surface area contributed by atoms with E-state index in [2.05, 4.69) is 5.32 Å². The molecule has 0 aromatic heterocycles. The highest BCUT2D eigenvalue weighted by molar-refractivity contribution is 6.32. The molecule has 0 radical (unpaired) electrons. The van der Waals surface area contributed by atoms with Gasteiger partial charge in [0.1, 0.15) is 5.75 Å². The van der Waals surface area contributed by atoms with Crippen LogP contribution in [-0.2, 0) is 14.3 Å². The van der Waals surface area contributed by atoms with Crippen molar-refractivity contribution < 1.29 is 28.5 Å². The second-order valence-corrected chi connectivity index (χ2v) is 6.71. The van der Waals surface area contributed by atoms with Crippen LogP contribution in [0.15, 0.2) is 42.5 Å². The molecule has 2 aromatic carbocycles. The van der Waals surface area contributed by atoms with Gasteiger partial charge >= 0.3 is 5.97 Å². The highest BCUT2D eigenvalue weighted by Gasteiger charge is 2.18. The zero-order chi connectivity index (χ0) is 22.8. The van der Waals surface area contributed by atoms with Crippen LogP contribution < -0.4 is 19.5 Å². The summed E-state index contributed by atoms with van der Waals surface area (Å²) in [6.45, 7) is 6.07. The lowest BCUT2D eigenvalue weighted by atomic mass is 10.2. The quantitative estimate of drug-likeness (QED) is 0.418. The van der Waals surface area contributed by atoms with Crippen molar-refractivity contribution in [3.63, 3.8) is 0 Å². The minimum absolute atomic E-state index is 0.349. The molecule has 0 saturated carbocycles. The van der Waals surface area contributed by atoms with E-state index in [9.17, 15) is 9.59 Å². The van der Waals surface area contributed by atoms with Gasteiger partial charge in [-0.15, -0.1) is 0 Å². The maximum absolute atomic E-state index is 12.4. The first-order valence-corrected chi connectivity index (χ1v) is 10.2. The van der Waals surface area contributed by atoms with Crippen molar-refractivity contribution in [3.05, 3.63) is 53.1 Å². The number of anilines is 1. The lowest BCUT2D eigenvalue weighted by Crippen LogP contribution is -2.29. The number of ether oxygens (including phenoxy) is 4. The van der Waals surface area contributed by atoms with Gasteiger partial charge in [-0.1, -0.05) is 23.7 Å². The number of hydrogen-bond acceptors (Lipinski definition) is 6. The molecule has 31 heavy (non-hydrogen) atoms. The van der Waals surface area contributed by atoms with Gasteiger partial charge in [0.2, 0.25) is 0 Å². The summed E-state index contributed by atoms with van der Waals surface area (Å²) in [6.07, 6.45) is 1.72. The molecule has 2 aromatic rings. The van der Waals surface area contributed by atoms with E-state index in [1.165, 1.54) is 26.2 Å². The number of halogens is 1. The van der Waals surface area contributed by atoms with Gasteiger partial charge in [0.15, 0.2) is 17.6 Å². The van der Waals surface area contributed by atoms with Crippen LogP contribution in [0.4, 0.5) is 5.69 Å². The minimum atomic E-state index is -1.01. The zero-order valence-electron chi connectivity index (χ0n) is 17.9. The molecule has 1 N–H and O–H groups in total. The van der Waals surface area contributed by atoms with Crippen LogP contribution >= 0.6 is 11.6 Å². The van der Waals surface area contributed by atoms with Gasteiger partial charge in [-0.3, -0.25) is 4.79 Å². The van der Waals surface area contributed by atoms with Crippen LogP contribution in [0.3, 0.4) is 0 Å². The SMILES string of the molecule is CCOc1ccccc1NC(=O)C(C)OC(=O)/C=C/c1cc(Cl)c(OC)c(OCC)c1. The second kappa shape index (κ2) is 11.9. The van der Waals surface area contributed by atoms with Crippen molar-refractivity contribution in [3.8, 4) is 17.2 Å². The van der Waals surface area contributed by atoms with Crippen molar-refractivity contribution >= 4 is 35.2 Å². The maximum atomic E-state index is 12.4. The van der Waals surface area contributed by atoms with E-state index in [1.807, 2.05) is 13.8 Å². The van der Waals surface area contributed by atoms with Crippen molar-refractivity contribution in [1.82, 2.24) is 0 Å². The molecule has 0 saturated heterocycles. The third-order valence-electron chi connectivity index (χ3n) is 4.05. The van der Waals surface area contributed by atoms with Crippen molar-refractivity contribution in [2.45, 2.75) is 26.9 Å². The van der Waals surface area contributed by atoms with Gasteiger partial charge in [-0.05, 0) is 56.7 Å². The molecular weight excluding hydrogens is 422 g/mol. The van der Waals surface area contributed by atoms with E-state index < -0.39 is 18.0 Å². The van der Waals surface area contributed by atoms with Crippen molar-refractivity contribution in [2.75, 3.05) is 25.6 Å². The summed E-state index contributed by atoms with van der Waals surface area (Å²) in [5.74, 6) is 0.274. The molecule has 1 atom stereocenters. The third-order valence-corrected chi connectivity index (χ3v) is 4.34. The Morgan fingerprint density at radius 1 is 1.10 bits per heavy atom. The van der Waals surface area contributed by atoms with Crippen molar-refractivity contribution in [1.29, 1.82) is 0 Å². The van der Waals surface area contributed by atoms with Crippen LogP contribution in [-0.4, -0.2) is 38.3 Å². The number of nitrogens with one attached hydrogen (secondary N) is 1. The zero-order valence-corrected chi connectivity index (χ0v) is 18.7. The van der Waals surface area contributed by atoms with Gasteiger partial charge in [-0.25, -0.2) is 4.79 Å². The smallest absolute Gasteiger partial charge is 0.331 e. The Labute approximate surface area is 186 Å². The van der Waals surface area contributed by atoms with E-state index >= 15 is 0 Å². The second-order valence-electron chi connectivity index (χ2n) is 6.30. The molecule has 0 aliphatic rings. The number of hydrogen-bond donors (Lipinski definition) is 1. The van der Waals surface area contributed by atoms with Gasteiger partial charge in [0.25, 0.3) is 5.91 Å². The number of benzene rings is 2. The number of carbonyl (C=O) groups is 2. The summed E-state index contributed by atoms with van der Waals surface area (Å²) in [5.41, 5.74) is 1.12. The Kier molecular flexibility index (Phi) is 9.21. The number of para-hydroxylation sites is 2. The Morgan fingerprint density at radius 2 is 1.77 bits per heavy atom. The Morgan fingerprint density at radius 3 is 2.45 bits per heavy atom. The van der Waals surface area contributed by atoms with Crippen LogP contribution in [0.5, 0.6) is 17.2 Å². The van der Waals surface area contributed by atoms with Crippen LogP contribution in [0.2, 0.25) is 5.02 Å². The molecule has 7 nitrogen and oxygen atoms in total. The standard InChI is InChI=1S/C23H26ClNO6/c1-5-29-19-10-8-7-9-18(19)25-23(27)15(3)31-21(26)12-11-16-13-17(24)22(28-4)20(14-16)30-6-2/h7-15H,5-6H2,1-4H3,(H,25,27)/b12-11+. The fraction of sp³-hybridized carbons (Fsp3) is 0.304. The molecule has 0 heterocycles. The molecule has 0 aliphatic heterocycles. The fourth-order valence-corrected chi connectivity index (χ4v) is 2.96. The minimum Gasteiger partial charge on any atom is -0.492 e. The van der Waals surface area contributed by atoms with Gasteiger partial charge in [-0.2, -0.15) is 0 Å². The average Bonchev–Trinajstić information content (AvgIpc) is 2.74. The first-order chi connectivity index (χ1) is 14.9. The summed E-state index contributed by atoms with van der Waals surface area (Å²) in [4.78, 5) is 24.6. The highest BCUT2D eigenvalue weighted by atomic mass is 35.5. The molecule has 0 fully saturated rings. The number of rotatable bonds is 10. The molecule has 8 heteroatoms. The summed E-state index contributed by atoms with van der Waals surface area (Å²) < 4.78 is 21.4. The number of esters is 1. The lowest BCUT2D eigenvalue weighted by molar-refractivity contribution is -0.148. The van der Waals surface area contributed by atoms with E-state index in [1.54, 1.807) is 36.4 Å². The summed E-state index contributed by atoms with van der Waals surface area (Å²) in [6, 6.07) is 10.4. The fourth-order valence-electron chi connectivity index (χ4n) is 2.66. The number of carbonyl (C=O) groups excluding carboxylic acids is 2.